The third-order valence-electron chi connectivity index (χ3n) is 12.4. The van der Waals surface area contributed by atoms with Crippen LogP contribution >= 0.6 is 0 Å². The Hall–Kier alpha value is -8.60. The highest BCUT2D eigenvalue weighted by Crippen LogP contribution is 2.46. The minimum Gasteiger partial charge on any atom is -0.309 e. The van der Waals surface area contributed by atoms with Gasteiger partial charge in [-0.1, -0.05) is 200 Å². The zero-order valence-electron chi connectivity index (χ0n) is 34.9. The predicted octanol–water partition coefficient (Wildman–Crippen LogP) is 16.0. The maximum absolute atomic E-state index is 5.32. The molecule has 0 spiro atoms. The van der Waals surface area contributed by atoms with Crippen LogP contribution in [0.3, 0.4) is 0 Å². The first-order valence-electron chi connectivity index (χ1n) is 21.7. The van der Waals surface area contributed by atoms with Crippen LogP contribution < -0.4 is 4.90 Å². The van der Waals surface area contributed by atoms with E-state index in [0.29, 0.717) is 5.95 Å². The average Bonchev–Trinajstić information content (AvgIpc) is 3.71. The van der Waals surface area contributed by atoms with Gasteiger partial charge < -0.3 is 4.90 Å². The van der Waals surface area contributed by atoms with Crippen molar-refractivity contribution in [1.29, 1.82) is 0 Å². The van der Waals surface area contributed by atoms with Crippen LogP contribution in [0.4, 0.5) is 17.1 Å². The predicted molar refractivity (Wildman–Crippen MR) is 268 cm³/mol. The van der Waals surface area contributed by atoms with Crippen molar-refractivity contribution in [3.63, 3.8) is 0 Å². The minimum absolute atomic E-state index is 0.648. The lowest BCUT2D eigenvalue weighted by Crippen LogP contribution is -2.12. The Bertz CT molecular complexity index is 3650. The summed E-state index contributed by atoms with van der Waals surface area (Å²) in [6.45, 7) is 0. The summed E-state index contributed by atoms with van der Waals surface area (Å²) in [5.74, 6) is 0.648. The Labute approximate surface area is 371 Å². The first-order valence-corrected chi connectivity index (χ1v) is 21.7. The van der Waals surface area contributed by atoms with E-state index in [1.54, 1.807) is 0 Å². The number of fused-ring (bicyclic) bond motifs is 5. The molecule has 0 radical (unpaired) electrons. The van der Waals surface area contributed by atoms with Gasteiger partial charge in [-0.25, -0.2) is 9.97 Å². The quantitative estimate of drug-likeness (QED) is 0.153. The molecule has 0 N–H and O–H groups in total. The number of nitrogens with zero attached hydrogens (tertiary/aromatic N) is 4. The van der Waals surface area contributed by atoms with Crippen LogP contribution in [0.2, 0.25) is 0 Å². The standard InChI is InChI=1S/C60H40N4/c1-4-18-42(19-5-1)47-38-39-57(50-26-11-10-25-49(47)50)63(55-30-16-13-24-48(55)43-20-6-2-7-21-43)46-35-32-41(33-36-46)45-34-37-52-51-27-14-17-31-56(51)64(58(52)40-45)60-61-54-29-15-12-28-53(54)59(62-60)44-22-8-3-9-23-44/h1-40H. The summed E-state index contributed by atoms with van der Waals surface area (Å²) in [5, 5.41) is 5.74. The maximum Gasteiger partial charge on any atom is 0.235 e. The van der Waals surface area contributed by atoms with Crippen molar-refractivity contribution >= 4 is 60.5 Å². The van der Waals surface area contributed by atoms with Gasteiger partial charge in [0.2, 0.25) is 5.95 Å². The smallest absolute Gasteiger partial charge is 0.235 e. The first-order chi connectivity index (χ1) is 31.8. The second-order valence-corrected chi connectivity index (χ2v) is 16.1. The van der Waals surface area contributed by atoms with Gasteiger partial charge in [0.25, 0.3) is 0 Å². The normalized spacial score (nSPS) is 11.4. The molecule has 300 valence electrons. The molecule has 0 aliphatic heterocycles. The largest absolute Gasteiger partial charge is 0.309 e. The lowest BCUT2D eigenvalue weighted by Gasteiger charge is -2.29. The molecule has 12 aromatic rings. The SMILES string of the molecule is c1ccc(-c2ccccc2N(c2ccc(-c3ccc4c5ccccc5n(-c5nc(-c6ccccc6)c6ccccc6n5)c4c3)cc2)c2ccc(-c3ccccc3)c3ccccc23)cc1. The number of rotatable bonds is 8. The van der Waals surface area contributed by atoms with Gasteiger partial charge in [-0.05, 0) is 75.7 Å². The molecule has 4 nitrogen and oxygen atoms in total. The lowest BCUT2D eigenvalue weighted by molar-refractivity contribution is 1.01. The molecular weight excluding hydrogens is 777 g/mol. The fourth-order valence-corrected chi connectivity index (χ4v) is 9.43. The average molecular weight is 817 g/mol. The Kier molecular flexibility index (Phi) is 9.12. The van der Waals surface area contributed by atoms with Crippen LogP contribution in [0, 0.1) is 0 Å². The monoisotopic (exact) mass is 816 g/mol. The van der Waals surface area contributed by atoms with E-state index in [9.17, 15) is 0 Å². The second-order valence-electron chi connectivity index (χ2n) is 16.1. The highest BCUT2D eigenvalue weighted by Gasteiger charge is 2.22. The van der Waals surface area contributed by atoms with Crippen LogP contribution in [0.15, 0.2) is 243 Å². The number of anilines is 3. The van der Waals surface area contributed by atoms with E-state index in [-0.39, 0.29) is 0 Å². The molecule has 0 saturated carbocycles. The fourth-order valence-electron chi connectivity index (χ4n) is 9.43. The molecule has 0 fully saturated rings. The van der Waals surface area contributed by atoms with Gasteiger partial charge in [0.1, 0.15) is 0 Å². The first kappa shape index (κ1) is 37.2. The fraction of sp³-hybridized carbons (Fsp3) is 0. The highest BCUT2D eigenvalue weighted by atomic mass is 15.2. The van der Waals surface area contributed by atoms with Crippen LogP contribution in [0.1, 0.15) is 0 Å². The molecular formula is C60H40N4. The van der Waals surface area contributed by atoms with Crippen molar-refractivity contribution in [1.82, 2.24) is 14.5 Å². The van der Waals surface area contributed by atoms with Crippen molar-refractivity contribution in [2.24, 2.45) is 0 Å². The molecule has 4 heteroatoms. The van der Waals surface area contributed by atoms with Crippen molar-refractivity contribution < 1.29 is 0 Å². The van der Waals surface area contributed by atoms with E-state index < -0.39 is 0 Å². The van der Waals surface area contributed by atoms with Gasteiger partial charge in [-0.15, -0.1) is 0 Å². The third kappa shape index (κ3) is 6.40. The number of benzene rings is 10. The topological polar surface area (TPSA) is 34.0 Å². The highest BCUT2D eigenvalue weighted by molar-refractivity contribution is 6.11. The third-order valence-corrected chi connectivity index (χ3v) is 12.4. The van der Waals surface area contributed by atoms with Crippen molar-refractivity contribution in [2.45, 2.75) is 0 Å². The number of aromatic nitrogens is 3. The Morgan fingerprint density at radius 3 is 1.62 bits per heavy atom. The van der Waals surface area contributed by atoms with E-state index in [1.807, 2.05) is 12.1 Å². The summed E-state index contributed by atoms with van der Waals surface area (Å²) in [4.78, 5) is 13.0. The molecule has 0 aliphatic carbocycles. The maximum atomic E-state index is 5.32. The van der Waals surface area contributed by atoms with E-state index in [4.69, 9.17) is 9.97 Å². The zero-order chi connectivity index (χ0) is 42.4. The van der Waals surface area contributed by atoms with Crippen LogP contribution in [-0.4, -0.2) is 14.5 Å². The molecule has 2 aromatic heterocycles. The van der Waals surface area contributed by atoms with Crippen LogP contribution in [0.5, 0.6) is 0 Å². The van der Waals surface area contributed by atoms with Gasteiger partial charge in [0.15, 0.2) is 0 Å². The summed E-state index contributed by atoms with van der Waals surface area (Å²) < 4.78 is 2.23. The molecule has 2 heterocycles. The van der Waals surface area contributed by atoms with Gasteiger partial charge >= 0.3 is 0 Å². The lowest BCUT2D eigenvalue weighted by atomic mass is 9.95. The molecule has 0 unspecified atom stereocenters. The van der Waals surface area contributed by atoms with Gasteiger partial charge in [-0.2, -0.15) is 0 Å². The molecule has 0 saturated heterocycles. The van der Waals surface area contributed by atoms with E-state index >= 15 is 0 Å². The molecule has 64 heavy (non-hydrogen) atoms. The summed E-state index contributed by atoms with van der Waals surface area (Å²) in [5.41, 5.74) is 15.3. The Morgan fingerprint density at radius 1 is 0.312 bits per heavy atom. The van der Waals surface area contributed by atoms with E-state index in [0.717, 1.165) is 77.7 Å². The minimum atomic E-state index is 0.648. The van der Waals surface area contributed by atoms with E-state index in [1.165, 1.54) is 27.5 Å². The molecule has 0 bridgehead atoms. The molecule has 12 rings (SSSR count). The molecule has 0 aliphatic rings. The van der Waals surface area contributed by atoms with Crippen molar-refractivity contribution in [3.05, 3.63) is 243 Å². The molecule has 0 amide bonds. The van der Waals surface area contributed by atoms with Gasteiger partial charge in [0.05, 0.1) is 33.6 Å². The van der Waals surface area contributed by atoms with Crippen molar-refractivity contribution in [3.8, 4) is 50.6 Å². The summed E-state index contributed by atoms with van der Waals surface area (Å²) >= 11 is 0. The Morgan fingerprint density at radius 2 is 0.875 bits per heavy atom. The van der Waals surface area contributed by atoms with Gasteiger partial charge in [-0.3, -0.25) is 4.57 Å². The second kappa shape index (κ2) is 15.7. The molecule has 0 atom stereocenters. The summed E-state index contributed by atoms with van der Waals surface area (Å²) in [6, 6.07) is 86.5. The van der Waals surface area contributed by atoms with Crippen LogP contribution in [-0.2, 0) is 0 Å². The number of para-hydroxylation sites is 3. The summed E-state index contributed by atoms with van der Waals surface area (Å²) in [6.07, 6.45) is 0. The zero-order valence-corrected chi connectivity index (χ0v) is 34.9. The van der Waals surface area contributed by atoms with E-state index in [2.05, 4.69) is 240 Å². The Balaban J connectivity index is 1.02. The summed E-state index contributed by atoms with van der Waals surface area (Å²) in [7, 11) is 0. The van der Waals surface area contributed by atoms with Crippen LogP contribution in [0.25, 0.3) is 94.1 Å². The number of hydrogen-bond donors (Lipinski definition) is 0. The van der Waals surface area contributed by atoms with Crippen molar-refractivity contribution in [2.75, 3.05) is 4.90 Å². The molecule has 10 aromatic carbocycles. The number of hydrogen-bond acceptors (Lipinski definition) is 3. The van der Waals surface area contributed by atoms with Gasteiger partial charge in [0, 0.05) is 38.4 Å².